The summed E-state index contributed by atoms with van der Waals surface area (Å²) in [5.74, 6) is -0.515. The van der Waals surface area contributed by atoms with Crippen LogP contribution in [-0.4, -0.2) is 27.6 Å². The van der Waals surface area contributed by atoms with E-state index in [2.05, 4.69) is 10.3 Å². The number of hydrogen-bond donors (Lipinski definition) is 1. The minimum absolute atomic E-state index is 0.144. The number of nitrogens with two attached hydrogens (primary N) is 1. The number of ether oxygens (including phenoxy) is 1. The van der Waals surface area contributed by atoms with Crippen LogP contribution in [-0.2, 0) is 17.8 Å². The van der Waals surface area contributed by atoms with Crippen molar-refractivity contribution in [3.8, 4) is 0 Å². The lowest BCUT2D eigenvalue weighted by atomic mass is 10.2. The molecule has 0 amide bonds. The molecule has 1 heterocycles. The maximum absolute atomic E-state index is 11.7. The van der Waals surface area contributed by atoms with Gasteiger partial charge in [0.05, 0.1) is 18.8 Å². The molecule has 1 aromatic carbocycles. The Balaban J connectivity index is 2.29. The first-order chi connectivity index (χ1) is 9.67. The third-order valence-corrected chi connectivity index (χ3v) is 3.15. The summed E-state index contributed by atoms with van der Waals surface area (Å²) in [4.78, 5) is 11.7. The molecule has 2 N–H and O–H groups in total. The fourth-order valence-electron chi connectivity index (χ4n) is 1.81. The zero-order valence-electron chi connectivity index (χ0n) is 11.0. The summed E-state index contributed by atoms with van der Waals surface area (Å²) in [5.41, 5.74) is 7.24. The molecule has 0 unspecified atom stereocenters. The smallest absolute Gasteiger partial charge is 0.360 e. The van der Waals surface area contributed by atoms with Crippen molar-refractivity contribution in [2.24, 2.45) is 5.73 Å². The van der Waals surface area contributed by atoms with Gasteiger partial charge in [0.15, 0.2) is 5.69 Å². The summed E-state index contributed by atoms with van der Waals surface area (Å²) in [5, 5.41) is 8.43. The molecule has 0 atom stereocenters. The number of aromatic nitrogens is 3. The van der Waals surface area contributed by atoms with Crippen molar-refractivity contribution < 1.29 is 9.53 Å². The number of carbonyl (C=O) groups is 1. The maximum atomic E-state index is 11.7. The van der Waals surface area contributed by atoms with Crippen molar-refractivity contribution in [3.63, 3.8) is 0 Å². The first-order valence-corrected chi connectivity index (χ1v) is 6.58. The Labute approximate surface area is 121 Å². The standard InChI is InChI=1S/C13H15ClN4O2/c1-2-20-13(19)12-11(7-15)18(17-16-12)8-9-5-3-4-6-10(9)14/h3-6H,2,7-8,15H2,1H3. The van der Waals surface area contributed by atoms with Gasteiger partial charge in [-0.2, -0.15) is 0 Å². The van der Waals surface area contributed by atoms with Gasteiger partial charge in [-0.15, -0.1) is 5.10 Å². The molecular formula is C13H15ClN4O2. The van der Waals surface area contributed by atoms with E-state index < -0.39 is 5.97 Å². The number of hydrogen-bond acceptors (Lipinski definition) is 5. The van der Waals surface area contributed by atoms with Gasteiger partial charge >= 0.3 is 5.97 Å². The van der Waals surface area contributed by atoms with Gasteiger partial charge in [-0.3, -0.25) is 0 Å². The molecular weight excluding hydrogens is 280 g/mol. The molecule has 106 valence electrons. The summed E-state index contributed by atoms with van der Waals surface area (Å²) in [6.07, 6.45) is 0. The molecule has 0 aliphatic heterocycles. The second-order valence-electron chi connectivity index (χ2n) is 4.06. The van der Waals surface area contributed by atoms with Crippen LogP contribution in [0.15, 0.2) is 24.3 Å². The Hall–Kier alpha value is -1.92. The molecule has 0 saturated heterocycles. The van der Waals surface area contributed by atoms with Crippen LogP contribution in [0.4, 0.5) is 0 Å². The van der Waals surface area contributed by atoms with Crippen molar-refractivity contribution in [2.45, 2.75) is 20.0 Å². The van der Waals surface area contributed by atoms with Crippen molar-refractivity contribution in [1.29, 1.82) is 0 Å². The normalized spacial score (nSPS) is 10.6. The Morgan fingerprint density at radius 1 is 1.45 bits per heavy atom. The van der Waals surface area contributed by atoms with Gasteiger partial charge in [-0.25, -0.2) is 9.48 Å². The number of nitrogens with zero attached hydrogens (tertiary/aromatic N) is 3. The molecule has 0 spiro atoms. The molecule has 0 radical (unpaired) electrons. The second kappa shape index (κ2) is 6.49. The average molecular weight is 295 g/mol. The molecule has 0 fully saturated rings. The van der Waals surface area contributed by atoms with E-state index in [0.29, 0.717) is 17.3 Å². The molecule has 0 saturated carbocycles. The summed E-state index contributed by atoms with van der Waals surface area (Å²) in [6, 6.07) is 7.41. The van der Waals surface area contributed by atoms with Crippen LogP contribution in [0.1, 0.15) is 28.7 Å². The SMILES string of the molecule is CCOC(=O)c1nnn(Cc2ccccc2Cl)c1CN. The van der Waals surface area contributed by atoms with Crippen molar-refractivity contribution in [3.05, 3.63) is 46.2 Å². The van der Waals surface area contributed by atoms with Crippen molar-refractivity contribution in [2.75, 3.05) is 6.61 Å². The molecule has 2 aromatic rings. The molecule has 0 aliphatic rings. The van der Waals surface area contributed by atoms with E-state index in [9.17, 15) is 4.79 Å². The fourth-order valence-corrected chi connectivity index (χ4v) is 2.00. The Morgan fingerprint density at radius 2 is 2.20 bits per heavy atom. The van der Waals surface area contributed by atoms with Crippen LogP contribution >= 0.6 is 11.6 Å². The third-order valence-electron chi connectivity index (χ3n) is 2.78. The lowest BCUT2D eigenvalue weighted by Gasteiger charge is -2.07. The van der Waals surface area contributed by atoms with Crippen molar-refractivity contribution >= 4 is 17.6 Å². The summed E-state index contributed by atoms with van der Waals surface area (Å²) in [6.45, 7) is 2.55. The molecule has 1 aromatic heterocycles. The number of esters is 1. The van der Waals surface area contributed by atoms with Gasteiger partial charge in [-0.05, 0) is 18.6 Å². The molecule has 0 bridgehead atoms. The fraction of sp³-hybridized carbons (Fsp3) is 0.308. The van der Waals surface area contributed by atoms with E-state index in [1.165, 1.54) is 0 Å². The predicted octanol–water partition coefficient (Wildman–Crippen LogP) is 1.62. The number of benzene rings is 1. The lowest BCUT2D eigenvalue weighted by molar-refractivity contribution is 0.0518. The summed E-state index contributed by atoms with van der Waals surface area (Å²) < 4.78 is 6.48. The van der Waals surface area contributed by atoms with Gasteiger partial charge in [0.2, 0.25) is 0 Å². The van der Waals surface area contributed by atoms with Crippen molar-refractivity contribution in [1.82, 2.24) is 15.0 Å². The van der Waals surface area contributed by atoms with E-state index in [-0.39, 0.29) is 18.8 Å². The zero-order chi connectivity index (χ0) is 14.5. The van der Waals surface area contributed by atoms with Crippen LogP contribution < -0.4 is 5.73 Å². The Kier molecular flexibility index (Phi) is 4.70. The topological polar surface area (TPSA) is 83.0 Å². The van der Waals surface area contributed by atoms with Gasteiger partial charge in [0.1, 0.15) is 0 Å². The van der Waals surface area contributed by atoms with Gasteiger partial charge in [0, 0.05) is 11.6 Å². The number of halogens is 1. The van der Waals surface area contributed by atoms with Crippen LogP contribution in [0.3, 0.4) is 0 Å². The second-order valence-corrected chi connectivity index (χ2v) is 4.47. The minimum Gasteiger partial charge on any atom is -0.461 e. The quantitative estimate of drug-likeness (QED) is 0.847. The first-order valence-electron chi connectivity index (χ1n) is 6.20. The van der Waals surface area contributed by atoms with Crippen LogP contribution in [0.5, 0.6) is 0 Å². The highest BCUT2D eigenvalue weighted by molar-refractivity contribution is 6.31. The predicted molar refractivity (Wildman–Crippen MR) is 74.4 cm³/mol. The van der Waals surface area contributed by atoms with Crippen LogP contribution in [0.2, 0.25) is 5.02 Å². The van der Waals surface area contributed by atoms with Gasteiger partial charge < -0.3 is 10.5 Å². The number of rotatable bonds is 5. The first kappa shape index (κ1) is 14.5. The highest BCUT2D eigenvalue weighted by Crippen LogP contribution is 2.17. The molecule has 2 rings (SSSR count). The monoisotopic (exact) mass is 294 g/mol. The van der Waals surface area contributed by atoms with Crippen LogP contribution in [0.25, 0.3) is 0 Å². The number of carbonyl (C=O) groups excluding carboxylic acids is 1. The summed E-state index contributed by atoms with van der Waals surface area (Å²) in [7, 11) is 0. The summed E-state index contributed by atoms with van der Waals surface area (Å²) >= 11 is 6.10. The van der Waals surface area contributed by atoms with Crippen LogP contribution in [0, 0.1) is 0 Å². The van der Waals surface area contributed by atoms with E-state index >= 15 is 0 Å². The highest BCUT2D eigenvalue weighted by atomic mass is 35.5. The minimum atomic E-state index is -0.515. The van der Waals surface area contributed by atoms with E-state index in [1.807, 2.05) is 18.2 Å². The third kappa shape index (κ3) is 2.97. The molecule has 6 nitrogen and oxygen atoms in total. The lowest BCUT2D eigenvalue weighted by Crippen LogP contribution is -2.15. The molecule has 7 heteroatoms. The zero-order valence-corrected chi connectivity index (χ0v) is 11.8. The van der Waals surface area contributed by atoms with Gasteiger partial charge in [0.25, 0.3) is 0 Å². The highest BCUT2D eigenvalue weighted by Gasteiger charge is 2.20. The van der Waals surface area contributed by atoms with E-state index in [0.717, 1.165) is 5.56 Å². The van der Waals surface area contributed by atoms with Gasteiger partial charge in [-0.1, -0.05) is 35.0 Å². The average Bonchev–Trinajstić information content (AvgIpc) is 2.84. The molecule has 20 heavy (non-hydrogen) atoms. The Bertz CT molecular complexity index is 612. The van der Waals surface area contributed by atoms with E-state index in [4.69, 9.17) is 22.1 Å². The molecule has 0 aliphatic carbocycles. The Morgan fingerprint density at radius 3 is 2.85 bits per heavy atom. The largest absolute Gasteiger partial charge is 0.461 e. The van der Waals surface area contributed by atoms with E-state index in [1.54, 1.807) is 17.7 Å². The maximum Gasteiger partial charge on any atom is 0.360 e.